The molecule has 0 spiro atoms. The molecule has 0 radical (unpaired) electrons. The Morgan fingerprint density at radius 3 is 2.09 bits per heavy atom. The molecule has 3 nitrogen and oxygen atoms in total. The normalized spacial score (nSPS) is 16.0. The fourth-order valence-corrected chi connectivity index (χ4v) is 0.889. The molecule has 0 aromatic carbocycles. The van der Waals surface area contributed by atoms with E-state index in [1.165, 1.54) is 19.3 Å². The minimum absolute atomic E-state index is 0.146. The van der Waals surface area contributed by atoms with Gasteiger partial charge in [-0.3, -0.25) is 9.59 Å². The van der Waals surface area contributed by atoms with Gasteiger partial charge in [0.1, 0.15) is 11.3 Å². The minimum Gasteiger partial charge on any atom is -0.500 e. The van der Waals surface area contributed by atoms with Gasteiger partial charge >= 0.3 is 0 Å². The lowest BCUT2D eigenvalue weighted by Crippen LogP contribution is -2.04. The van der Waals surface area contributed by atoms with Crippen LogP contribution < -0.4 is 0 Å². The number of ketones is 2. The van der Waals surface area contributed by atoms with Gasteiger partial charge in [-0.05, 0) is 19.1 Å². The molecule has 0 atom stereocenters. The fraction of sp³-hybridized carbons (Fsp3) is 0.250. The smallest absolute Gasteiger partial charge is 0.193 e. The minimum atomic E-state index is -0.269. The topological polar surface area (TPSA) is 43.4 Å². The standard InChI is InChI=1S/C8H8O3/c1-5(11-2)8-6(9)3-4-7(8)10/h3-4H,1-2H3. The van der Waals surface area contributed by atoms with Crippen LogP contribution in [0, 0.1) is 0 Å². The maximum absolute atomic E-state index is 10.9. The quantitative estimate of drug-likeness (QED) is 0.314. The molecule has 0 saturated carbocycles. The third-order valence-corrected chi connectivity index (χ3v) is 1.54. The summed E-state index contributed by atoms with van der Waals surface area (Å²) in [7, 11) is 1.43. The zero-order valence-electron chi connectivity index (χ0n) is 6.38. The summed E-state index contributed by atoms with van der Waals surface area (Å²) in [6.07, 6.45) is 2.50. The van der Waals surface area contributed by atoms with Crippen LogP contribution in [0.3, 0.4) is 0 Å². The van der Waals surface area contributed by atoms with E-state index in [4.69, 9.17) is 4.74 Å². The molecule has 0 fully saturated rings. The maximum atomic E-state index is 10.9. The molecule has 1 rings (SSSR count). The van der Waals surface area contributed by atoms with Crippen molar-refractivity contribution in [1.29, 1.82) is 0 Å². The predicted molar refractivity (Wildman–Crippen MR) is 38.9 cm³/mol. The van der Waals surface area contributed by atoms with Crippen LogP contribution in [0.1, 0.15) is 6.92 Å². The van der Waals surface area contributed by atoms with E-state index in [2.05, 4.69) is 0 Å². The molecule has 0 N–H and O–H groups in total. The number of carbonyl (C=O) groups is 2. The Hall–Kier alpha value is -1.38. The number of methoxy groups -OCH3 is 1. The molecule has 0 aromatic heterocycles. The summed E-state index contributed by atoms with van der Waals surface area (Å²) in [6.45, 7) is 1.60. The van der Waals surface area contributed by atoms with Gasteiger partial charge in [-0.15, -0.1) is 0 Å². The number of carbonyl (C=O) groups excluding carboxylic acids is 2. The van der Waals surface area contributed by atoms with E-state index >= 15 is 0 Å². The number of hydrogen-bond donors (Lipinski definition) is 0. The highest BCUT2D eigenvalue weighted by Crippen LogP contribution is 2.14. The number of ether oxygens (including phenoxy) is 1. The second-order valence-electron chi connectivity index (χ2n) is 2.20. The van der Waals surface area contributed by atoms with Crippen LogP contribution in [0.4, 0.5) is 0 Å². The SMILES string of the molecule is COC(C)=C1C(=O)C=CC1=O. The molecule has 0 bridgehead atoms. The van der Waals surface area contributed by atoms with E-state index in [0.29, 0.717) is 5.76 Å². The first kappa shape index (κ1) is 7.72. The fourth-order valence-electron chi connectivity index (χ4n) is 0.889. The van der Waals surface area contributed by atoms with E-state index in [0.717, 1.165) is 0 Å². The van der Waals surface area contributed by atoms with Crippen molar-refractivity contribution in [2.45, 2.75) is 6.92 Å². The van der Waals surface area contributed by atoms with Crippen molar-refractivity contribution in [2.24, 2.45) is 0 Å². The highest BCUT2D eigenvalue weighted by molar-refractivity contribution is 6.33. The van der Waals surface area contributed by atoms with Gasteiger partial charge in [0.2, 0.25) is 0 Å². The lowest BCUT2D eigenvalue weighted by molar-refractivity contribution is -0.115. The molecule has 0 amide bonds. The van der Waals surface area contributed by atoms with E-state index in [9.17, 15) is 9.59 Å². The molecule has 1 aliphatic rings. The Morgan fingerprint density at radius 1 is 1.27 bits per heavy atom. The highest BCUT2D eigenvalue weighted by Gasteiger charge is 2.23. The third-order valence-electron chi connectivity index (χ3n) is 1.54. The lowest BCUT2D eigenvalue weighted by Gasteiger charge is -2.00. The average molecular weight is 152 g/mol. The largest absolute Gasteiger partial charge is 0.500 e. The summed E-state index contributed by atoms with van der Waals surface area (Å²) in [6, 6.07) is 0. The van der Waals surface area contributed by atoms with Crippen LogP contribution in [0.25, 0.3) is 0 Å². The Morgan fingerprint density at radius 2 is 1.73 bits per heavy atom. The number of allylic oxidation sites excluding steroid dienone is 4. The van der Waals surface area contributed by atoms with Crippen molar-refractivity contribution in [3.63, 3.8) is 0 Å². The van der Waals surface area contributed by atoms with Crippen LogP contribution in [0.15, 0.2) is 23.5 Å². The van der Waals surface area contributed by atoms with Gasteiger partial charge in [0.25, 0.3) is 0 Å². The Balaban J connectivity index is 3.07. The van der Waals surface area contributed by atoms with Crippen molar-refractivity contribution in [3.05, 3.63) is 23.5 Å². The molecule has 3 heteroatoms. The van der Waals surface area contributed by atoms with Crippen LogP contribution in [0.2, 0.25) is 0 Å². The van der Waals surface area contributed by atoms with Crippen molar-refractivity contribution < 1.29 is 14.3 Å². The van der Waals surface area contributed by atoms with E-state index < -0.39 is 0 Å². The second-order valence-corrected chi connectivity index (χ2v) is 2.20. The lowest BCUT2D eigenvalue weighted by atomic mass is 10.1. The molecule has 0 saturated heterocycles. The van der Waals surface area contributed by atoms with E-state index in [1.54, 1.807) is 6.92 Å². The van der Waals surface area contributed by atoms with Crippen molar-refractivity contribution in [2.75, 3.05) is 7.11 Å². The van der Waals surface area contributed by atoms with Crippen LogP contribution in [-0.2, 0) is 14.3 Å². The summed E-state index contributed by atoms with van der Waals surface area (Å²) in [5, 5.41) is 0. The number of hydrogen-bond acceptors (Lipinski definition) is 3. The third kappa shape index (κ3) is 1.22. The van der Waals surface area contributed by atoms with Crippen molar-refractivity contribution in [1.82, 2.24) is 0 Å². The van der Waals surface area contributed by atoms with Gasteiger partial charge in [-0.2, -0.15) is 0 Å². The Bertz CT molecular complexity index is 251. The van der Waals surface area contributed by atoms with Gasteiger partial charge in [-0.25, -0.2) is 0 Å². The zero-order valence-corrected chi connectivity index (χ0v) is 6.38. The summed E-state index contributed by atoms with van der Waals surface area (Å²) >= 11 is 0. The molecule has 58 valence electrons. The van der Waals surface area contributed by atoms with Crippen molar-refractivity contribution >= 4 is 11.6 Å². The first-order chi connectivity index (χ1) is 5.16. The average Bonchev–Trinajstić information content (AvgIpc) is 2.30. The summed E-state index contributed by atoms with van der Waals surface area (Å²) in [5.74, 6) is -0.159. The first-order valence-corrected chi connectivity index (χ1v) is 3.18. The number of rotatable bonds is 1. The second kappa shape index (κ2) is 2.70. The molecule has 0 heterocycles. The Labute approximate surface area is 64.3 Å². The van der Waals surface area contributed by atoms with Crippen LogP contribution in [0.5, 0.6) is 0 Å². The van der Waals surface area contributed by atoms with Crippen molar-refractivity contribution in [3.8, 4) is 0 Å². The van der Waals surface area contributed by atoms with Gasteiger partial charge < -0.3 is 4.74 Å². The first-order valence-electron chi connectivity index (χ1n) is 3.18. The molecule has 0 aromatic rings. The monoisotopic (exact) mass is 152 g/mol. The van der Waals surface area contributed by atoms with Crippen LogP contribution in [-0.4, -0.2) is 18.7 Å². The molecule has 0 unspecified atom stereocenters. The molecule has 11 heavy (non-hydrogen) atoms. The predicted octanol–water partition coefficient (Wildman–Crippen LogP) is 0.615. The Kier molecular flexibility index (Phi) is 1.89. The summed E-state index contributed by atoms with van der Waals surface area (Å²) in [4.78, 5) is 21.9. The van der Waals surface area contributed by atoms with E-state index in [1.807, 2.05) is 0 Å². The molecular weight excluding hydrogens is 144 g/mol. The summed E-state index contributed by atoms with van der Waals surface area (Å²) < 4.78 is 4.77. The summed E-state index contributed by atoms with van der Waals surface area (Å²) in [5.41, 5.74) is 0.146. The maximum Gasteiger partial charge on any atom is 0.193 e. The van der Waals surface area contributed by atoms with Gasteiger partial charge in [0, 0.05) is 0 Å². The molecule has 1 aliphatic carbocycles. The van der Waals surface area contributed by atoms with E-state index in [-0.39, 0.29) is 17.1 Å². The molecular formula is C8H8O3. The van der Waals surface area contributed by atoms with Gasteiger partial charge in [0.05, 0.1) is 7.11 Å². The van der Waals surface area contributed by atoms with Gasteiger partial charge in [0.15, 0.2) is 11.6 Å². The highest BCUT2D eigenvalue weighted by atomic mass is 16.5. The zero-order chi connectivity index (χ0) is 8.43. The molecule has 0 aliphatic heterocycles. The van der Waals surface area contributed by atoms with Gasteiger partial charge in [-0.1, -0.05) is 0 Å². The van der Waals surface area contributed by atoms with Crippen LogP contribution >= 0.6 is 0 Å².